The largest absolute Gasteiger partial charge is 0.416 e. The molecular formula is C16H15F3N2. The zero-order valence-corrected chi connectivity index (χ0v) is 11.3. The van der Waals surface area contributed by atoms with Gasteiger partial charge in [0.05, 0.1) is 17.3 Å². The van der Waals surface area contributed by atoms with Gasteiger partial charge < -0.3 is 5.73 Å². The molecule has 1 aromatic carbocycles. The fraction of sp³-hybridized carbons (Fsp3) is 0.188. The summed E-state index contributed by atoms with van der Waals surface area (Å²) in [4.78, 5) is 4.25. The highest BCUT2D eigenvalue weighted by atomic mass is 19.4. The Morgan fingerprint density at radius 3 is 2.43 bits per heavy atom. The SMILES string of the molecule is C=CCc1cccnc1C(N)c1ccc(C(F)(F)F)cc1. The molecule has 0 aliphatic carbocycles. The molecule has 0 saturated heterocycles. The van der Waals surface area contributed by atoms with E-state index in [-0.39, 0.29) is 0 Å². The number of halogens is 3. The van der Waals surface area contributed by atoms with Crippen LogP contribution in [0.15, 0.2) is 55.3 Å². The number of benzene rings is 1. The molecule has 21 heavy (non-hydrogen) atoms. The summed E-state index contributed by atoms with van der Waals surface area (Å²) in [6.07, 6.45) is -0.384. The molecule has 0 radical (unpaired) electrons. The lowest BCUT2D eigenvalue weighted by atomic mass is 9.98. The first kappa shape index (κ1) is 15.3. The van der Waals surface area contributed by atoms with E-state index in [1.54, 1.807) is 18.3 Å². The highest BCUT2D eigenvalue weighted by Crippen LogP contribution is 2.30. The van der Waals surface area contributed by atoms with Crippen molar-refractivity contribution in [2.75, 3.05) is 0 Å². The first-order valence-corrected chi connectivity index (χ1v) is 6.41. The third kappa shape index (κ3) is 3.49. The number of aromatic nitrogens is 1. The molecule has 2 rings (SSSR count). The molecule has 1 atom stereocenters. The first-order valence-electron chi connectivity index (χ1n) is 6.41. The number of pyridine rings is 1. The van der Waals surface area contributed by atoms with E-state index in [0.717, 1.165) is 17.7 Å². The van der Waals surface area contributed by atoms with Crippen LogP contribution >= 0.6 is 0 Å². The van der Waals surface area contributed by atoms with Crippen molar-refractivity contribution in [3.8, 4) is 0 Å². The average molecular weight is 292 g/mol. The molecule has 1 aromatic heterocycles. The van der Waals surface area contributed by atoms with Gasteiger partial charge in [0.2, 0.25) is 0 Å². The summed E-state index contributed by atoms with van der Waals surface area (Å²) in [7, 11) is 0. The van der Waals surface area contributed by atoms with Crippen LogP contribution in [0.1, 0.15) is 28.4 Å². The lowest BCUT2D eigenvalue weighted by Gasteiger charge is -2.16. The van der Waals surface area contributed by atoms with E-state index < -0.39 is 17.8 Å². The van der Waals surface area contributed by atoms with Gasteiger partial charge in [-0.1, -0.05) is 24.3 Å². The normalized spacial score (nSPS) is 13.0. The fourth-order valence-corrected chi connectivity index (χ4v) is 2.10. The van der Waals surface area contributed by atoms with E-state index >= 15 is 0 Å². The molecular weight excluding hydrogens is 277 g/mol. The van der Waals surface area contributed by atoms with Crippen LogP contribution in [0.25, 0.3) is 0 Å². The zero-order chi connectivity index (χ0) is 15.5. The van der Waals surface area contributed by atoms with E-state index in [4.69, 9.17) is 5.73 Å². The second kappa shape index (κ2) is 6.10. The minimum Gasteiger partial charge on any atom is -0.319 e. The minimum atomic E-state index is -4.35. The number of hydrogen-bond donors (Lipinski definition) is 1. The molecule has 2 aromatic rings. The quantitative estimate of drug-likeness (QED) is 0.869. The zero-order valence-electron chi connectivity index (χ0n) is 11.3. The smallest absolute Gasteiger partial charge is 0.319 e. The number of allylic oxidation sites excluding steroid dienone is 1. The lowest BCUT2D eigenvalue weighted by molar-refractivity contribution is -0.137. The molecule has 2 nitrogen and oxygen atoms in total. The summed E-state index contributed by atoms with van der Waals surface area (Å²) in [5, 5.41) is 0. The Balaban J connectivity index is 2.32. The van der Waals surface area contributed by atoms with Crippen molar-refractivity contribution >= 4 is 0 Å². The van der Waals surface area contributed by atoms with Gasteiger partial charge in [-0.15, -0.1) is 6.58 Å². The average Bonchev–Trinajstić information content (AvgIpc) is 2.47. The van der Waals surface area contributed by atoms with Gasteiger partial charge in [-0.3, -0.25) is 4.98 Å². The van der Waals surface area contributed by atoms with E-state index in [1.807, 2.05) is 6.07 Å². The Bertz CT molecular complexity index is 618. The summed E-state index contributed by atoms with van der Waals surface area (Å²) in [5.41, 5.74) is 7.60. The predicted molar refractivity (Wildman–Crippen MR) is 75.6 cm³/mol. The summed E-state index contributed by atoms with van der Waals surface area (Å²) < 4.78 is 37.7. The Labute approximate surface area is 121 Å². The topological polar surface area (TPSA) is 38.9 Å². The van der Waals surface area contributed by atoms with Crippen molar-refractivity contribution in [1.82, 2.24) is 4.98 Å². The van der Waals surface area contributed by atoms with Crippen LogP contribution in [0.5, 0.6) is 0 Å². The molecule has 1 heterocycles. The summed E-state index contributed by atoms with van der Waals surface area (Å²) >= 11 is 0. The number of alkyl halides is 3. The fourth-order valence-electron chi connectivity index (χ4n) is 2.10. The molecule has 0 bridgehead atoms. The van der Waals surface area contributed by atoms with Gasteiger partial charge in [0.1, 0.15) is 0 Å². The van der Waals surface area contributed by atoms with Crippen LogP contribution in [-0.2, 0) is 12.6 Å². The maximum absolute atomic E-state index is 12.6. The van der Waals surface area contributed by atoms with Crippen LogP contribution < -0.4 is 5.73 Å². The van der Waals surface area contributed by atoms with Crippen molar-refractivity contribution in [2.24, 2.45) is 5.73 Å². The van der Waals surface area contributed by atoms with Crippen molar-refractivity contribution in [2.45, 2.75) is 18.6 Å². The Morgan fingerprint density at radius 1 is 1.19 bits per heavy atom. The number of nitrogens with two attached hydrogens (primary N) is 1. The number of nitrogens with zero attached hydrogens (tertiary/aromatic N) is 1. The Hall–Kier alpha value is -2.14. The van der Waals surface area contributed by atoms with E-state index in [1.165, 1.54) is 12.1 Å². The van der Waals surface area contributed by atoms with Gasteiger partial charge >= 0.3 is 6.18 Å². The maximum atomic E-state index is 12.6. The van der Waals surface area contributed by atoms with Crippen molar-refractivity contribution < 1.29 is 13.2 Å². The van der Waals surface area contributed by atoms with Gasteiger partial charge in [0.15, 0.2) is 0 Å². The van der Waals surface area contributed by atoms with Gasteiger partial charge in [-0.25, -0.2) is 0 Å². The first-order chi connectivity index (χ1) is 9.93. The van der Waals surface area contributed by atoms with Crippen LogP contribution in [0.4, 0.5) is 13.2 Å². The molecule has 2 N–H and O–H groups in total. The van der Waals surface area contributed by atoms with Crippen LogP contribution in [0.2, 0.25) is 0 Å². The molecule has 0 spiro atoms. The van der Waals surface area contributed by atoms with E-state index in [0.29, 0.717) is 17.7 Å². The molecule has 0 saturated carbocycles. The summed E-state index contributed by atoms with van der Waals surface area (Å²) in [6.45, 7) is 3.67. The highest BCUT2D eigenvalue weighted by molar-refractivity contribution is 5.35. The van der Waals surface area contributed by atoms with Crippen molar-refractivity contribution in [3.05, 3.63) is 77.6 Å². The van der Waals surface area contributed by atoms with Crippen LogP contribution in [0, 0.1) is 0 Å². The third-order valence-corrected chi connectivity index (χ3v) is 3.18. The molecule has 0 aliphatic heterocycles. The van der Waals surface area contributed by atoms with Gasteiger partial charge in [0, 0.05) is 6.20 Å². The van der Waals surface area contributed by atoms with E-state index in [9.17, 15) is 13.2 Å². The maximum Gasteiger partial charge on any atom is 0.416 e. The molecule has 0 amide bonds. The summed E-state index contributed by atoms with van der Waals surface area (Å²) in [5.74, 6) is 0. The number of rotatable bonds is 4. The molecule has 1 unspecified atom stereocenters. The number of hydrogen-bond acceptors (Lipinski definition) is 2. The standard InChI is InChI=1S/C16H15F3N2/c1-2-4-12-5-3-10-21-15(12)14(20)11-6-8-13(9-7-11)16(17,18)19/h2-3,5-10,14H,1,4,20H2. The Morgan fingerprint density at radius 2 is 1.86 bits per heavy atom. The Kier molecular flexibility index (Phi) is 4.43. The minimum absolute atomic E-state index is 0.566. The molecule has 5 heteroatoms. The van der Waals surface area contributed by atoms with Crippen molar-refractivity contribution in [3.63, 3.8) is 0 Å². The molecule has 0 aliphatic rings. The van der Waals surface area contributed by atoms with Crippen molar-refractivity contribution in [1.29, 1.82) is 0 Å². The summed E-state index contributed by atoms with van der Waals surface area (Å²) in [6, 6.07) is 7.95. The van der Waals surface area contributed by atoms with Gasteiger partial charge in [-0.2, -0.15) is 13.2 Å². The van der Waals surface area contributed by atoms with E-state index in [2.05, 4.69) is 11.6 Å². The van der Waals surface area contributed by atoms with Gasteiger partial charge in [0.25, 0.3) is 0 Å². The second-order valence-corrected chi connectivity index (χ2v) is 4.64. The highest BCUT2D eigenvalue weighted by Gasteiger charge is 2.30. The lowest BCUT2D eigenvalue weighted by Crippen LogP contribution is -2.16. The van der Waals surface area contributed by atoms with Gasteiger partial charge in [-0.05, 0) is 35.7 Å². The van der Waals surface area contributed by atoms with Crippen LogP contribution in [0.3, 0.4) is 0 Å². The second-order valence-electron chi connectivity index (χ2n) is 4.64. The predicted octanol–water partition coefficient (Wildman–Crippen LogP) is 3.88. The molecule has 0 fully saturated rings. The monoisotopic (exact) mass is 292 g/mol. The molecule has 110 valence electrons. The van der Waals surface area contributed by atoms with Crippen LogP contribution in [-0.4, -0.2) is 4.98 Å². The third-order valence-electron chi connectivity index (χ3n) is 3.18.